The van der Waals surface area contributed by atoms with Gasteiger partial charge in [-0.25, -0.2) is 0 Å². The third-order valence-corrected chi connectivity index (χ3v) is 5.65. The zero-order valence-corrected chi connectivity index (χ0v) is 20.8. The Labute approximate surface area is 198 Å². The molecular formula is C23H32N6O3S. The molecule has 3 rings (SSSR count). The fourth-order valence-electron chi connectivity index (χ4n) is 3.39. The van der Waals surface area contributed by atoms with E-state index in [1.807, 2.05) is 65.1 Å². The van der Waals surface area contributed by atoms with Crippen LogP contribution in [0.2, 0.25) is 0 Å². The summed E-state index contributed by atoms with van der Waals surface area (Å²) in [5.41, 5.74) is -0.409. The van der Waals surface area contributed by atoms with Crippen LogP contribution in [-0.2, 0) is 22.7 Å². The number of carbonyl (C=O) groups is 2. The molecule has 0 saturated carbocycles. The average molecular weight is 473 g/mol. The Hall–Kier alpha value is -3.01. The van der Waals surface area contributed by atoms with Crippen molar-refractivity contribution in [3.63, 3.8) is 0 Å². The van der Waals surface area contributed by atoms with Gasteiger partial charge in [0.1, 0.15) is 18.3 Å². The van der Waals surface area contributed by atoms with Gasteiger partial charge < -0.3 is 14.6 Å². The number of hydrogen-bond donors (Lipinski definition) is 1. The van der Waals surface area contributed by atoms with Gasteiger partial charge in [-0.3, -0.25) is 9.59 Å². The molecule has 10 heteroatoms. The predicted octanol–water partition coefficient (Wildman–Crippen LogP) is 3.66. The van der Waals surface area contributed by atoms with Crippen LogP contribution in [0.15, 0.2) is 34.1 Å². The number of aromatic nitrogens is 4. The highest BCUT2D eigenvalue weighted by atomic mass is 32.1. The second kappa shape index (κ2) is 10.3. The minimum absolute atomic E-state index is 0.130. The second-order valence-electron chi connectivity index (χ2n) is 9.54. The smallest absolute Gasteiger partial charge is 0.247 e. The molecule has 3 heterocycles. The molecule has 9 nitrogen and oxygen atoms in total. The molecule has 0 spiro atoms. The summed E-state index contributed by atoms with van der Waals surface area (Å²) >= 11 is 1.55. The molecule has 33 heavy (non-hydrogen) atoms. The first-order valence-electron chi connectivity index (χ1n) is 11.0. The van der Waals surface area contributed by atoms with Gasteiger partial charge in [0.05, 0.1) is 6.54 Å². The maximum Gasteiger partial charge on any atom is 0.247 e. The average Bonchev–Trinajstić information content (AvgIpc) is 3.45. The molecule has 0 aromatic carbocycles. The van der Waals surface area contributed by atoms with Gasteiger partial charge in [-0.1, -0.05) is 19.9 Å². The van der Waals surface area contributed by atoms with Gasteiger partial charge in [0.15, 0.2) is 5.76 Å². The van der Waals surface area contributed by atoms with Crippen molar-refractivity contribution < 1.29 is 14.0 Å². The lowest BCUT2D eigenvalue weighted by atomic mass is 9.99. The molecule has 1 N–H and O–H groups in total. The number of nitrogens with one attached hydrogen (secondary N) is 1. The number of nitrogens with zero attached hydrogens (tertiary/aromatic N) is 5. The molecule has 0 fully saturated rings. The normalized spacial score (nSPS) is 12.7. The van der Waals surface area contributed by atoms with Crippen LogP contribution in [0.4, 0.5) is 0 Å². The van der Waals surface area contributed by atoms with Gasteiger partial charge in [0, 0.05) is 10.4 Å². The SMILES string of the molecule is Cc1ccc(-c2nnn(CC(=O)N(Cc3cccs3)C(CC(C)C)C(=O)NC(C)(C)C)n2)o1. The fourth-order valence-corrected chi connectivity index (χ4v) is 4.10. The van der Waals surface area contributed by atoms with E-state index in [1.54, 1.807) is 22.3 Å². The summed E-state index contributed by atoms with van der Waals surface area (Å²) in [6.45, 7) is 11.9. The minimum Gasteiger partial charge on any atom is -0.458 e. The van der Waals surface area contributed by atoms with Crippen LogP contribution in [0, 0.1) is 12.8 Å². The number of tetrazole rings is 1. The van der Waals surface area contributed by atoms with Crippen molar-refractivity contribution in [2.24, 2.45) is 5.92 Å². The standard InChI is InChI=1S/C23H32N6O3S/c1-15(2)12-18(22(31)24-23(4,5)6)28(13-17-8-7-11-33-17)20(30)14-29-26-21(25-27-29)19-10-9-16(3)32-19/h7-11,15,18H,12-14H2,1-6H3,(H,24,31). The molecule has 0 aliphatic heterocycles. The highest BCUT2D eigenvalue weighted by Crippen LogP contribution is 2.21. The Balaban J connectivity index is 1.85. The van der Waals surface area contributed by atoms with E-state index < -0.39 is 11.6 Å². The summed E-state index contributed by atoms with van der Waals surface area (Å²) in [4.78, 5) is 30.6. The lowest BCUT2D eigenvalue weighted by Gasteiger charge is -2.34. The molecule has 3 aromatic rings. The van der Waals surface area contributed by atoms with E-state index in [0.717, 1.165) is 10.6 Å². The fraction of sp³-hybridized carbons (Fsp3) is 0.522. The van der Waals surface area contributed by atoms with Crippen molar-refractivity contribution in [2.45, 2.75) is 72.6 Å². The summed E-state index contributed by atoms with van der Waals surface area (Å²) in [6, 6.07) is 6.86. The quantitative estimate of drug-likeness (QED) is 0.509. The molecule has 1 atom stereocenters. The topological polar surface area (TPSA) is 106 Å². The third-order valence-electron chi connectivity index (χ3n) is 4.79. The summed E-state index contributed by atoms with van der Waals surface area (Å²) in [5, 5.41) is 17.3. The van der Waals surface area contributed by atoms with Gasteiger partial charge in [0.25, 0.3) is 0 Å². The van der Waals surface area contributed by atoms with E-state index in [2.05, 4.69) is 20.7 Å². The van der Waals surface area contributed by atoms with E-state index >= 15 is 0 Å². The first kappa shape index (κ1) is 24.6. The third kappa shape index (κ3) is 6.98. The lowest BCUT2D eigenvalue weighted by Crippen LogP contribution is -2.54. The Kier molecular flexibility index (Phi) is 7.68. The number of furan rings is 1. The molecule has 2 amide bonds. The highest BCUT2D eigenvalue weighted by Gasteiger charge is 2.33. The molecule has 0 aliphatic carbocycles. The molecule has 0 radical (unpaired) electrons. The van der Waals surface area contributed by atoms with Crippen molar-refractivity contribution in [3.8, 4) is 11.6 Å². The van der Waals surface area contributed by atoms with Crippen molar-refractivity contribution in [1.29, 1.82) is 0 Å². The van der Waals surface area contributed by atoms with Crippen molar-refractivity contribution in [3.05, 3.63) is 40.3 Å². The summed E-state index contributed by atoms with van der Waals surface area (Å²) < 4.78 is 5.54. The van der Waals surface area contributed by atoms with Crippen LogP contribution in [0.5, 0.6) is 0 Å². The van der Waals surface area contributed by atoms with E-state index in [4.69, 9.17) is 4.42 Å². The molecule has 3 aromatic heterocycles. The number of amides is 2. The maximum atomic E-state index is 13.5. The first-order valence-corrected chi connectivity index (χ1v) is 11.9. The van der Waals surface area contributed by atoms with Crippen molar-refractivity contribution >= 4 is 23.2 Å². The molecule has 0 aliphatic rings. The van der Waals surface area contributed by atoms with Crippen LogP contribution in [-0.4, -0.2) is 48.5 Å². The number of rotatable bonds is 9. The number of carbonyl (C=O) groups excluding carboxylic acids is 2. The van der Waals surface area contributed by atoms with Crippen LogP contribution >= 0.6 is 11.3 Å². The predicted molar refractivity (Wildman–Crippen MR) is 126 cm³/mol. The Morgan fingerprint density at radius 1 is 1.24 bits per heavy atom. The Morgan fingerprint density at radius 3 is 2.58 bits per heavy atom. The van der Waals surface area contributed by atoms with Gasteiger partial charge >= 0.3 is 0 Å². The highest BCUT2D eigenvalue weighted by molar-refractivity contribution is 7.09. The summed E-state index contributed by atoms with van der Waals surface area (Å²) in [6.07, 6.45) is 0.542. The van der Waals surface area contributed by atoms with Crippen LogP contribution in [0.25, 0.3) is 11.6 Å². The van der Waals surface area contributed by atoms with Crippen molar-refractivity contribution in [1.82, 2.24) is 30.4 Å². The largest absolute Gasteiger partial charge is 0.458 e. The zero-order valence-electron chi connectivity index (χ0n) is 20.0. The number of thiophene rings is 1. The van der Waals surface area contributed by atoms with Crippen molar-refractivity contribution in [2.75, 3.05) is 0 Å². The zero-order chi connectivity index (χ0) is 24.2. The van der Waals surface area contributed by atoms with Gasteiger partial charge in [0.2, 0.25) is 17.6 Å². The molecule has 178 valence electrons. The minimum atomic E-state index is -0.616. The summed E-state index contributed by atoms with van der Waals surface area (Å²) in [7, 11) is 0. The van der Waals surface area contributed by atoms with Crippen LogP contribution < -0.4 is 5.32 Å². The van der Waals surface area contributed by atoms with E-state index in [1.165, 1.54) is 4.80 Å². The van der Waals surface area contributed by atoms with Gasteiger partial charge in [-0.15, -0.1) is 21.5 Å². The van der Waals surface area contributed by atoms with E-state index in [9.17, 15) is 9.59 Å². The monoisotopic (exact) mass is 472 g/mol. The summed E-state index contributed by atoms with van der Waals surface area (Å²) in [5.74, 6) is 1.34. The number of hydrogen-bond acceptors (Lipinski definition) is 7. The first-order chi connectivity index (χ1) is 15.5. The van der Waals surface area contributed by atoms with Crippen LogP contribution in [0.3, 0.4) is 0 Å². The van der Waals surface area contributed by atoms with Gasteiger partial charge in [-0.2, -0.15) is 4.80 Å². The van der Waals surface area contributed by atoms with Crippen LogP contribution in [0.1, 0.15) is 51.7 Å². The molecular weight excluding hydrogens is 440 g/mol. The molecule has 0 saturated heterocycles. The molecule has 1 unspecified atom stereocenters. The van der Waals surface area contributed by atoms with E-state index in [-0.39, 0.29) is 24.3 Å². The number of aryl methyl sites for hydroxylation is 1. The maximum absolute atomic E-state index is 13.5. The van der Waals surface area contributed by atoms with Gasteiger partial charge in [-0.05, 0) is 68.8 Å². The Morgan fingerprint density at radius 2 is 2.00 bits per heavy atom. The second-order valence-corrected chi connectivity index (χ2v) is 10.6. The lowest BCUT2D eigenvalue weighted by molar-refractivity contribution is -0.143. The Bertz CT molecular complexity index is 1060. The molecule has 0 bridgehead atoms. The van der Waals surface area contributed by atoms with E-state index in [0.29, 0.717) is 24.6 Å².